The Morgan fingerprint density at radius 1 is 1.08 bits per heavy atom. The minimum atomic E-state index is -3.81. The molecule has 0 saturated heterocycles. The van der Waals surface area contributed by atoms with Crippen LogP contribution in [-0.2, 0) is 21.4 Å². The van der Waals surface area contributed by atoms with Gasteiger partial charge in [-0.1, -0.05) is 42.5 Å². The average Bonchev–Trinajstić information content (AvgIpc) is 2.56. The summed E-state index contributed by atoms with van der Waals surface area (Å²) in [5.41, 5.74) is 2.36. The van der Waals surface area contributed by atoms with Gasteiger partial charge in [0.1, 0.15) is 0 Å². The van der Waals surface area contributed by atoms with Crippen molar-refractivity contribution >= 4 is 15.9 Å². The molecular weight excluding hydrogens is 348 g/mol. The van der Waals surface area contributed by atoms with E-state index in [1.54, 1.807) is 19.1 Å². The molecule has 0 fully saturated rings. The lowest BCUT2D eigenvalue weighted by atomic mass is 10.2. The van der Waals surface area contributed by atoms with Crippen molar-refractivity contribution in [3.63, 3.8) is 0 Å². The Kier molecular flexibility index (Phi) is 6.56. The van der Waals surface area contributed by atoms with E-state index in [1.165, 1.54) is 4.31 Å². The molecule has 0 saturated carbocycles. The molecule has 5 nitrogen and oxygen atoms in total. The first kappa shape index (κ1) is 20.1. The summed E-state index contributed by atoms with van der Waals surface area (Å²) in [7, 11) is -3.81. The molecule has 0 aromatic heterocycles. The topological polar surface area (TPSA) is 66.5 Å². The van der Waals surface area contributed by atoms with E-state index in [0.717, 1.165) is 11.1 Å². The summed E-state index contributed by atoms with van der Waals surface area (Å²) >= 11 is 0. The van der Waals surface area contributed by atoms with Crippen LogP contribution in [0.4, 0.5) is 0 Å². The number of sulfonamides is 1. The predicted molar refractivity (Wildman–Crippen MR) is 103 cm³/mol. The molecule has 0 aliphatic rings. The van der Waals surface area contributed by atoms with Crippen molar-refractivity contribution in [2.75, 3.05) is 6.54 Å². The first-order chi connectivity index (χ1) is 12.2. The zero-order valence-electron chi connectivity index (χ0n) is 15.7. The van der Waals surface area contributed by atoms with Crippen molar-refractivity contribution in [1.29, 1.82) is 0 Å². The second kappa shape index (κ2) is 8.47. The Labute approximate surface area is 156 Å². The summed E-state index contributed by atoms with van der Waals surface area (Å²) in [5, 5.41) is 2.76. The predicted octanol–water partition coefficient (Wildman–Crippen LogP) is 3.02. The zero-order chi connectivity index (χ0) is 19.3. The molecule has 26 heavy (non-hydrogen) atoms. The molecule has 0 bridgehead atoms. The number of aryl methyl sites for hydroxylation is 2. The van der Waals surface area contributed by atoms with Crippen LogP contribution in [0.2, 0.25) is 0 Å². The highest BCUT2D eigenvalue weighted by Gasteiger charge is 2.28. The number of carbonyl (C=O) groups excluding carboxylic acids is 1. The van der Waals surface area contributed by atoms with Crippen LogP contribution < -0.4 is 5.32 Å². The number of nitrogens with zero attached hydrogens (tertiary/aromatic N) is 1. The first-order valence-electron chi connectivity index (χ1n) is 8.61. The van der Waals surface area contributed by atoms with Crippen molar-refractivity contribution < 1.29 is 13.2 Å². The van der Waals surface area contributed by atoms with Crippen molar-refractivity contribution in [3.8, 4) is 0 Å². The molecule has 0 atom stereocenters. The Bertz CT molecular complexity index is 862. The molecule has 0 heterocycles. The minimum absolute atomic E-state index is 0.0514. The van der Waals surface area contributed by atoms with Gasteiger partial charge in [-0.05, 0) is 50.5 Å². The smallest absolute Gasteiger partial charge is 0.244 e. The highest BCUT2D eigenvalue weighted by Crippen LogP contribution is 2.23. The Morgan fingerprint density at radius 3 is 2.35 bits per heavy atom. The van der Waals surface area contributed by atoms with Gasteiger partial charge in [0.2, 0.25) is 15.9 Å². The summed E-state index contributed by atoms with van der Waals surface area (Å²) in [5.74, 6) is -0.315. The normalized spacial score (nSPS) is 11.8. The second-order valence-electron chi connectivity index (χ2n) is 6.75. The summed E-state index contributed by atoms with van der Waals surface area (Å²) in [6.45, 7) is 7.23. The van der Waals surface area contributed by atoms with Crippen LogP contribution in [0.1, 0.15) is 30.5 Å². The number of benzene rings is 2. The molecule has 2 rings (SSSR count). The van der Waals surface area contributed by atoms with Crippen LogP contribution in [0, 0.1) is 13.8 Å². The van der Waals surface area contributed by atoms with Gasteiger partial charge in [-0.2, -0.15) is 4.31 Å². The molecule has 2 aromatic rings. The third-order valence-electron chi connectivity index (χ3n) is 3.93. The molecule has 1 N–H and O–H groups in total. The van der Waals surface area contributed by atoms with Crippen LogP contribution in [0.3, 0.4) is 0 Å². The van der Waals surface area contributed by atoms with E-state index >= 15 is 0 Å². The lowest BCUT2D eigenvalue weighted by molar-refractivity contribution is -0.121. The van der Waals surface area contributed by atoms with Crippen LogP contribution in [0.15, 0.2) is 53.4 Å². The minimum Gasteiger partial charge on any atom is -0.353 e. The summed E-state index contributed by atoms with van der Waals surface area (Å²) in [6.07, 6.45) is 0. The highest BCUT2D eigenvalue weighted by atomic mass is 32.2. The summed E-state index contributed by atoms with van der Waals surface area (Å²) in [6, 6.07) is 14.6. The fraction of sp³-hybridized carbons (Fsp3) is 0.350. The summed E-state index contributed by atoms with van der Waals surface area (Å²) < 4.78 is 27.8. The fourth-order valence-electron chi connectivity index (χ4n) is 2.67. The van der Waals surface area contributed by atoms with E-state index < -0.39 is 10.0 Å². The largest absolute Gasteiger partial charge is 0.353 e. The molecule has 0 spiro atoms. The van der Waals surface area contributed by atoms with Crippen molar-refractivity contribution in [2.24, 2.45) is 0 Å². The fourth-order valence-corrected chi connectivity index (χ4v) is 4.36. The third kappa shape index (κ3) is 5.16. The first-order valence-corrected chi connectivity index (χ1v) is 10.0. The molecule has 0 aliphatic heterocycles. The highest BCUT2D eigenvalue weighted by molar-refractivity contribution is 7.89. The van der Waals surface area contributed by atoms with E-state index in [-0.39, 0.29) is 29.9 Å². The van der Waals surface area contributed by atoms with E-state index in [9.17, 15) is 13.2 Å². The molecule has 0 radical (unpaired) electrons. The van der Waals surface area contributed by atoms with Crippen LogP contribution in [-0.4, -0.2) is 31.2 Å². The van der Waals surface area contributed by atoms with Gasteiger partial charge >= 0.3 is 0 Å². The number of rotatable bonds is 7. The van der Waals surface area contributed by atoms with Gasteiger partial charge in [0.25, 0.3) is 0 Å². The monoisotopic (exact) mass is 374 g/mol. The maximum atomic E-state index is 13.3. The van der Waals surface area contributed by atoms with Gasteiger partial charge in [0.05, 0.1) is 11.4 Å². The molecule has 2 aromatic carbocycles. The standard InChI is InChI=1S/C20H26N2O3S/c1-15(2)21-20(23)14-22(13-18-8-6-5-7-9-18)26(24,25)19-12-16(3)10-11-17(19)4/h5-12,15H,13-14H2,1-4H3,(H,21,23). The number of hydrogen-bond donors (Lipinski definition) is 1. The number of nitrogens with one attached hydrogen (secondary N) is 1. The van der Waals surface area contributed by atoms with E-state index in [2.05, 4.69) is 5.32 Å². The van der Waals surface area contributed by atoms with Crippen LogP contribution in [0.5, 0.6) is 0 Å². The lowest BCUT2D eigenvalue weighted by Gasteiger charge is -2.23. The van der Waals surface area contributed by atoms with E-state index in [0.29, 0.717) is 5.56 Å². The Hall–Kier alpha value is -2.18. The van der Waals surface area contributed by atoms with Gasteiger partial charge < -0.3 is 5.32 Å². The molecule has 140 valence electrons. The van der Waals surface area contributed by atoms with Gasteiger partial charge in [-0.3, -0.25) is 4.79 Å². The van der Waals surface area contributed by atoms with Gasteiger partial charge in [0.15, 0.2) is 0 Å². The molecule has 0 aliphatic carbocycles. The average molecular weight is 375 g/mol. The second-order valence-corrected chi connectivity index (χ2v) is 8.66. The van der Waals surface area contributed by atoms with Gasteiger partial charge in [-0.15, -0.1) is 0 Å². The lowest BCUT2D eigenvalue weighted by Crippen LogP contribution is -2.42. The zero-order valence-corrected chi connectivity index (χ0v) is 16.5. The van der Waals surface area contributed by atoms with Crippen LogP contribution in [0.25, 0.3) is 0 Å². The number of hydrogen-bond acceptors (Lipinski definition) is 3. The molecular formula is C20H26N2O3S. The maximum Gasteiger partial charge on any atom is 0.244 e. The van der Waals surface area contributed by atoms with Crippen molar-refractivity contribution in [1.82, 2.24) is 9.62 Å². The maximum absolute atomic E-state index is 13.3. The number of amides is 1. The van der Waals surface area contributed by atoms with Crippen LogP contribution >= 0.6 is 0 Å². The van der Waals surface area contributed by atoms with Crippen molar-refractivity contribution in [3.05, 3.63) is 65.2 Å². The molecule has 1 amide bonds. The van der Waals surface area contributed by atoms with E-state index in [4.69, 9.17) is 0 Å². The molecule has 0 unspecified atom stereocenters. The Balaban J connectivity index is 2.40. The SMILES string of the molecule is Cc1ccc(C)c(S(=O)(=O)N(CC(=O)NC(C)C)Cc2ccccc2)c1. The third-order valence-corrected chi connectivity index (χ3v) is 5.87. The van der Waals surface area contributed by atoms with Gasteiger partial charge in [-0.25, -0.2) is 8.42 Å². The summed E-state index contributed by atoms with van der Waals surface area (Å²) in [4.78, 5) is 12.5. The van der Waals surface area contributed by atoms with E-state index in [1.807, 2.05) is 57.2 Å². The van der Waals surface area contributed by atoms with Crippen molar-refractivity contribution in [2.45, 2.75) is 45.2 Å². The molecule has 6 heteroatoms. The number of carbonyl (C=O) groups is 1. The quantitative estimate of drug-likeness (QED) is 0.810. The Morgan fingerprint density at radius 2 is 1.73 bits per heavy atom. The van der Waals surface area contributed by atoms with Gasteiger partial charge in [0, 0.05) is 12.6 Å².